The van der Waals surface area contributed by atoms with Crippen molar-refractivity contribution >= 4 is 26.7 Å². The van der Waals surface area contributed by atoms with E-state index in [1.54, 1.807) is 14.2 Å². The third kappa shape index (κ3) is 1.69. The second kappa shape index (κ2) is 3.92. The molecule has 15 heavy (non-hydrogen) atoms. The number of nitrogen functional groups attached to an aromatic ring is 1. The van der Waals surface area contributed by atoms with Crippen LogP contribution in [-0.4, -0.2) is 19.2 Å². The number of fused-ring (bicyclic) bond motifs is 1. The van der Waals surface area contributed by atoms with Gasteiger partial charge in [0.05, 0.1) is 24.4 Å². The Morgan fingerprint density at radius 1 is 1.27 bits per heavy atom. The van der Waals surface area contributed by atoms with Gasteiger partial charge in [-0.2, -0.15) is 0 Å². The minimum atomic E-state index is 0.666. The van der Waals surface area contributed by atoms with Crippen molar-refractivity contribution < 1.29 is 9.47 Å². The van der Waals surface area contributed by atoms with Crippen LogP contribution in [0.25, 0.3) is 10.2 Å². The molecule has 0 aliphatic heterocycles. The standard InChI is InChI=1S/C9H11N3O2S/c1-13-6-3-5-8(4-7(6)14-2)15-9(11-5)12-10/h3-4H,10H2,1-2H3,(H,11,12). The number of benzene rings is 1. The summed E-state index contributed by atoms with van der Waals surface area (Å²) in [4.78, 5) is 4.26. The third-order valence-corrected chi connectivity index (χ3v) is 2.97. The van der Waals surface area contributed by atoms with Gasteiger partial charge in [-0.05, 0) is 0 Å². The molecular weight excluding hydrogens is 214 g/mol. The molecule has 2 rings (SSSR count). The van der Waals surface area contributed by atoms with Crippen LogP contribution in [0.5, 0.6) is 11.5 Å². The highest BCUT2D eigenvalue weighted by atomic mass is 32.1. The quantitative estimate of drug-likeness (QED) is 0.613. The highest BCUT2D eigenvalue weighted by Crippen LogP contribution is 2.35. The van der Waals surface area contributed by atoms with Crippen molar-refractivity contribution in [1.82, 2.24) is 4.98 Å². The minimum Gasteiger partial charge on any atom is -0.493 e. The summed E-state index contributed by atoms with van der Waals surface area (Å²) in [5.74, 6) is 6.65. The molecule has 1 aromatic carbocycles. The molecule has 3 N–H and O–H groups in total. The molecule has 1 aromatic heterocycles. The Bertz CT molecular complexity index is 442. The number of thiazole rings is 1. The van der Waals surface area contributed by atoms with Crippen molar-refractivity contribution in [2.75, 3.05) is 19.6 Å². The predicted molar refractivity (Wildman–Crippen MR) is 60.5 cm³/mol. The molecule has 0 bridgehead atoms. The number of anilines is 1. The molecule has 1 heterocycles. The normalized spacial score (nSPS) is 10.3. The van der Waals surface area contributed by atoms with Gasteiger partial charge in [0.1, 0.15) is 0 Å². The zero-order valence-corrected chi connectivity index (χ0v) is 9.22. The fraction of sp³-hybridized carbons (Fsp3) is 0.222. The molecule has 0 saturated carbocycles. The van der Waals surface area contributed by atoms with Crippen LogP contribution in [0.4, 0.5) is 5.13 Å². The van der Waals surface area contributed by atoms with Gasteiger partial charge in [-0.15, -0.1) is 0 Å². The van der Waals surface area contributed by atoms with Crippen molar-refractivity contribution in [2.24, 2.45) is 5.84 Å². The van der Waals surface area contributed by atoms with E-state index in [9.17, 15) is 0 Å². The first kappa shape index (κ1) is 10.0. The Labute approximate surface area is 90.8 Å². The molecule has 0 unspecified atom stereocenters. The van der Waals surface area contributed by atoms with Crippen molar-refractivity contribution in [3.05, 3.63) is 12.1 Å². The van der Waals surface area contributed by atoms with Crippen LogP contribution in [0.15, 0.2) is 12.1 Å². The number of hydrazine groups is 1. The average Bonchev–Trinajstić information content (AvgIpc) is 2.68. The fourth-order valence-corrected chi connectivity index (χ4v) is 2.10. The van der Waals surface area contributed by atoms with Crippen LogP contribution in [-0.2, 0) is 0 Å². The van der Waals surface area contributed by atoms with Crippen molar-refractivity contribution in [3.8, 4) is 11.5 Å². The summed E-state index contributed by atoms with van der Waals surface area (Å²) in [6.07, 6.45) is 0. The van der Waals surface area contributed by atoms with E-state index in [-0.39, 0.29) is 0 Å². The van der Waals surface area contributed by atoms with E-state index < -0.39 is 0 Å². The molecule has 0 saturated heterocycles. The first-order valence-corrected chi connectivity index (χ1v) is 5.09. The number of hydrogen-bond acceptors (Lipinski definition) is 6. The first-order chi connectivity index (χ1) is 7.28. The molecule has 0 amide bonds. The zero-order valence-electron chi connectivity index (χ0n) is 8.40. The van der Waals surface area contributed by atoms with E-state index in [1.807, 2.05) is 12.1 Å². The average molecular weight is 225 g/mol. The maximum atomic E-state index is 5.29. The number of nitrogens with one attached hydrogen (secondary N) is 1. The number of ether oxygens (including phenoxy) is 2. The van der Waals surface area contributed by atoms with Gasteiger partial charge in [0.2, 0.25) is 0 Å². The molecule has 6 heteroatoms. The molecule has 5 nitrogen and oxygen atoms in total. The number of rotatable bonds is 3. The molecule has 0 aliphatic carbocycles. The van der Waals surface area contributed by atoms with Crippen LogP contribution in [0, 0.1) is 0 Å². The second-order valence-electron chi connectivity index (χ2n) is 2.84. The summed E-state index contributed by atoms with van der Waals surface area (Å²) in [5, 5.41) is 0.667. The van der Waals surface area contributed by atoms with Crippen LogP contribution < -0.4 is 20.7 Å². The van der Waals surface area contributed by atoms with Crippen molar-refractivity contribution in [1.29, 1.82) is 0 Å². The Hall–Kier alpha value is -1.53. The van der Waals surface area contributed by atoms with Gasteiger partial charge >= 0.3 is 0 Å². The molecule has 0 atom stereocenters. The number of nitrogens with two attached hydrogens (primary N) is 1. The highest BCUT2D eigenvalue weighted by Gasteiger charge is 2.09. The van der Waals surface area contributed by atoms with E-state index in [1.165, 1.54) is 11.3 Å². The van der Waals surface area contributed by atoms with Gasteiger partial charge in [-0.25, -0.2) is 10.8 Å². The summed E-state index contributed by atoms with van der Waals surface area (Å²) in [5.41, 5.74) is 3.36. The smallest absolute Gasteiger partial charge is 0.198 e. The van der Waals surface area contributed by atoms with Crippen molar-refractivity contribution in [3.63, 3.8) is 0 Å². The number of aromatic nitrogens is 1. The molecule has 80 valence electrons. The number of hydrogen-bond donors (Lipinski definition) is 2. The summed E-state index contributed by atoms with van der Waals surface area (Å²) < 4.78 is 11.4. The van der Waals surface area contributed by atoms with Gasteiger partial charge < -0.3 is 9.47 Å². The molecule has 0 radical (unpaired) electrons. The van der Waals surface area contributed by atoms with Crippen LogP contribution >= 0.6 is 11.3 Å². The zero-order chi connectivity index (χ0) is 10.8. The lowest BCUT2D eigenvalue weighted by Gasteiger charge is -2.05. The maximum Gasteiger partial charge on any atom is 0.198 e. The van der Waals surface area contributed by atoms with Crippen LogP contribution in [0.2, 0.25) is 0 Å². The summed E-state index contributed by atoms with van der Waals surface area (Å²) in [7, 11) is 3.20. The lowest BCUT2D eigenvalue weighted by molar-refractivity contribution is 0.356. The molecular formula is C9H11N3O2S. The van der Waals surface area contributed by atoms with E-state index in [0.29, 0.717) is 16.6 Å². The Kier molecular flexibility index (Phi) is 2.61. The SMILES string of the molecule is COc1cc2nc(NN)sc2cc1OC. The van der Waals surface area contributed by atoms with Gasteiger partial charge in [0.15, 0.2) is 16.6 Å². The lowest BCUT2D eigenvalue weighted by atomic mass is 10.3. The molecule has 0 spiro atoms. The maximum absolute atomic E-state index is 5.29. The first-order valence-electron chi connectivity index (χ1n) is 4.27. The van der Waals surface area contributed by atoms with Crippen LogP contribution in [0.3, 0.4) is 0 Å². The highest BCUT2D eigenvalue weighted by molar-refractivity contribution is 7.22. The number of nitrogens with zero attached hydrogens (tertiary/aromatic N) is 1. The topological polar surface area (TPSA) is 69.4 Å². The van der Waals surface area contributed by atoms with Gasteiger partial charge in [0.25, 0.3) is 0 Å². The predicted octanol–water partition coefficient (Wildman–Crippen LogP) is 1.60. The number of methoxy groups -OCH3 is 2. The molecule has 0 aliphatic rings. The Morgan fingerprint density at radius 3 is 2.53 bits per heavy atom. The third-order valence-electron chi connectivity index (χ3n) is 2.02. The molecule has 0 fully saturated rings. The van der Waals surface area contributed by atoms with Crippen LogP contribution in [0.1, 0.15) is 0 Å². The van der Waals surface area contributed by atoms with E-state index in [4.69, 9.17) is 15.3 Å². The van der Waals surface area contributed by atoms with E-state index in [0.717, 1.165) is 10.2 Å². The van der Waals surface area contributed by atoms with Crippen molar-refractivity contribution in [2.45, 2.75) is 0 Å². The Morgan fingerprint density at radius 2 is 1.93 bits per heavy atom. The second-order valence-corrected chi connectivity index (χ2v) is 3.87. The molecule has 2 aromatic rings. The van der Waals surface area contributed by atoms with E-state index >= 15 is 0 Å². The summed E-state index contributed by atoms with van der Waals surface area (Å²) >= 11 is 1.46. The largest absolute Gasteiger partial charge is 0.493 e. The summed E-state index contributed by atoms with van der Waals surface area (Å²) in [6.45, 7) is 0. The monoisotopic (exact) mass is 225 g/mol. The van der Waals surface area contributed by atoms with E-state index in [2.05, 4.69) is 10.4 Å². The van der Waals surface area contributed by atoms with Gasteiger partial charge in [0, 0.05) is 12.1 Å². The van der Waals surface area contributed by atoms with Gasteiger partial charge in [-0.1, -0.05) is 11.3 Å². The lowest BCUT2D eigenvalue weighted by Crippen LogP contribution is -2.05. The fourth-order valence-electron chi connectivity index (χ4n) is 1.32. The Balaban J connectivity index is 2.61. The minimum absolute atomic E-state index is 0.666. The summed E-state index contributed by atoms with van der Waals surface area (Å²) in [6, 6.07) is 3.71. The van der Waals surface area contributed by atoms with Gasteiger partial charge in [-0.3, -0.25) is 5.43 Å².